The molecule has 1 atom stereocenters. The second kappa shape index (κ2) is 9.52. The number of imide groups is 1. The molecule has 0 radical (unpaired) electrons. The number of hydrogen-bond acceptors (Lipinski definition) is 6. The van der Waals surface area contributed by atoms with Gasteiger partial charge in [-0.3, -0.25) is 24.5 Å². The molecule has 174 valence electrons. The molecule has 3 amide bonds. The van der Waals surface area contributed by atoms with E-state index in [-0.39, 0.29) is 29.9 Å². The summed E-state index contributed by atoms with van der Waals surface area (Å²) in [6.45, 7) is -0.0962. The number of anilines is 1. The molecule has 0 saturated carbocycles. The first kappa shape index (κ1) is 23.3. The number of nitro benzene ring substituents is 1. The van der Waals surface area contributed by atoms with Crippen molar-refractivity contribution in [3.05, 3.63) is 105 Å². The summed E-state index contributed by atoms with van der Waals surface area (Å²) in [6.07, 6.45) is -0.279. The Morgan fingerprint density at radius 3 is 2.26 bits per heavy atom. The lowest BCUT2D eigenvalue weighted by molar-refractivity contribution is -0.384. The van der Waals surface area contributed by atoms with Crippen LogP contribution in [0, 0.1) is 27.3 Å². The molecule has 0 aromatic heterocycles. The fourth-order valence-corrected chi connectivity index (χ4v) is 3.82. The summed E-state index contributed by atoms with van der Waals surface area (Å²) < 4.78 is 13.4. The third-order valence-electron chi connectivity index (χ3n) is 5.61. The maximum absolute atomic E-state index is 13.4. The summed E-state index contributed by atoms with van der Waals surface area (Å²) in [5.74, 6) is -2.24. The molecular weight excluding hydrogens is 455 g/mol. The number of non-ortho nitro benzene ring substituents is 1. The summed E-state index contributed by atoms with van der Waals surface area (Å²) >= 11 is 0. The van der Waals surface area contributed by atoms with E-state index in [0.29, 0.717) is 11.1 Å². The van der Waals surface area contributed by atoms with E-state index < -0.39 is 34.5 Å². The van der Waals surface area contributed by atoms with Crippen molar-refractivity contribution in [2.45, 2.75) is 19.0 Å². The standard InChI is InChI=1S/C25H17FN4O5/c26-19-7-1-17(2-8-19)15-28(24(32)18-5-11-21(12-6-18)30(34)35)22-13-23(31)29(25(22)33)20-9-3-16(14-27)4-10-20/h1-12,22H,13,15H2. The van der Waals surface area contributed by atoms with E-state index in [1.807, 2.05) is 6.07 Å². The van der Waals surface area contributed by atoms with E-state index in [1.165, 1.54) is 77.7 Å². The molecule has 0 N–H and O–H groups in total. The molecule has 10 heteroatoms. The van der Waals surface area contributed by atoms with Gasteiger partial charge in [0.05, 0.1) is 28.7 Å². The minimum Gasteiger partial charge on any atom is -0.322 e. The van der Waals surface area contributed by atoms with E-state index in [4.69, 9.17) is 5.26 Å². The first-order valence-corrected chi connectivity index (χ1v) is 10.5. The van der Waals surface area contributed by atoms with Crippen LogP contribution in [0.15, 0.2) is 72.8 Å². The third-order valence-corrected chi connectivity index (χ3v) is 5.61. The van der Waals surface area contributed by atoms with Crippen LogP contribution in [0.1, 0.15) is 27.9 Å². The quantitative estimate of drug-likeness (QED) is 0.307. The van der Waals surface area contributed by atoms with Crippen LogP contribution in [-0.4, -0.2) is 33.6 Å². The van der Waals surface area contributed by atoms with Crippen LogP contribution in [0.3, 0.4) is 0 Å². The average Bonchev–Trinajstić information content (AvgIpc) is 3.16. The van der Waals surface area contributed by atoms with Gasteiger partial charge in [0, 0.05) is 24.2 Å². The smallest absolute Gasteiger partial charge is 0.269 e. The van der Waals surface area contributed by atoms with Crippen molar-refractivity contribution in [1.82, 2.24) is 4.90 Å². The van der Waals surface area contributed by atoms with Crippen LogP contribution >= 0.6 is 0 Å². The van der Waals surface area contributed by atoms with Gasteiger partial charge in [0.1, 0.15) is 11.9 Å². The van der Waals surface area contributed by atoms with Gasteiger partial charge in [-0.15, -0.1) is 0 Å². The number of nitriles is 1. The Morgan fingerprint density at radius 2 is 1.69 bits per heavy atom. The fraction of sp³-hybridized carbons (Fsp3) is 0.120. The lowest BCUT2D eigenvalue weighted by atomic mass is 10.1. The van der Waals surface area contributed by atoms with E-state index in [2.05, 4.69) is 0 Å². The summed E-state index contributed by atoms with van der Waals surface area (Å²) in [5, 5.41) is 19.9. The highest BCUT2D eigenvalue weighted by Gasteiger charge is 2.44. The van der Waals surface area contributed by atoms with Gasteiger partial charge in [-0.25, -0.2) is 9.29 Å². The summed E-state index contributed by atoms with van der Waals surface area (Å²) in [4.78, 5) is 52.1. The van der Waals surface area contributed by atoms with E-state index in [0.717, 1.165) is 4.90 Å². The van der Waals surface area contributed by atoms with Gasteiger partial charge in [-0.1, -0.05) is 12.1 Å². The molecule has 0 spiro atoms. The van der Waals surface area contributed by atoms with E-state index in [1.54, 1.807) is 0 Å². The Labute approximate surface area is 198 Å². The molecule has 1 unspecified atom stereocenters. The number of nitrogens with zero attached hydrogens (tertiary/aromatic N) is 4. The van der Waals surface area contributed by atoms with Crippen molar-refractivity contribution >= 4 is 29.1 Å². The molecule has 4 rings (SSSR count). The Morgan fingerprint density at radius 1 is 1.06 bits per heavy atom. The van der Waals surface area contributed by atoms with Gasteiger partial charge in [0.15, 0.2) is 0 Å². The molecule has 3 aromatic carbocycles. The number of carbonyl (C=O) groups excluding carboxylic acids is 3. The van der Waals surface area contributed by atoms with Gasteiger partial charge >= 0.3 is 0 Å². The van der Waals surface area contributed by atoms with Crippen LogP contribution in [0.2, 0.25) is 0 Å². The van der Waals surface area contributed by atoms with Crippen LogP contribution in [0.4, 0.5) is 15.8 Å². The van der Waals surface area contributed by atoms with Crippen molar-refractivity contribution in [2.24, 2.45) is 0 Å². The lowest BCUT2D eigenvalue weighted by Crippen LogP contribution is -2.45. The van der Waals surface area contributed by atoms with Crippen LogP contribution in [0.25, 0.3) is 0 Å². The molecule has 1 aliphatic heterocycles. The van der Waals surface area contributed by atoms with Crippen LogP contribution in [0.5, 0.6) is 0 Å². The highest BCUT2D eigenvalue weighted by Crippen LogP contribution is 2.28. The largest absolute Gasteiger partial charge is 0.322 e. The van der Waals surface area contributed by atoms with Crippen LogP contribution in [-0.2, 0) is 16.1 Å². The summed E-state index contributed by atoms with van der Waals surface area (Å²) in [7, 11) is 0. The van der Waals surface area contributed by atoms with Crippen molar-refractivity contribution < 1.29 is 23.7 Å². The summed E-state index contributed by atoms with van der Waals surface area (Å²) in [6, 6.07) is 17.0. The Kier molecular flexibility index (Phi) is 6.33. The summed E-state index contributed by atoms with van der Waals surface area (Å²) in [5.41, 5.74) is 1.04. The molecule has 1 fully saturated rings. The zero-order chi connectivity index (χ0) is 25.1. The molecule has 1 saturated heterocycles. The Balaban J connectivity index is 1.68. The second-order valence-corrected chi connectivity index (χ2v) is 7.81. The molecule has 3 aromatic rings. The predicted molar refractivity (Wildman–Crippen MR) is 121 cm³/mol. The Bertz CT molecular complexity index is 1350. The molecule has 0 aliphatic carbocycles. The fourth-order valence-electron chi connectivity index (χ4n) is 3.82. The Hall–Kier alpha value is -4.91. The average molecular weight is 472 g/mol. The molecule has 0 bridgehead atoms. The number of amides is 3. The van der Waals surface area contributed by atoms with Crippen molar-refractivity contribution in [3.8, 4) is 6.07 Å². The van der Waals surface area contributed by atoms with Gasteiger partial charge in [0.25, 0.3) is 17.5 Å². The minimum atomic E-state index is -1.15. The number of carbonyl (C=O) groups is 3. The maximum atomic E-state index is 13.4. The first-order valence-electron chi connectivity index (χ1n) is 10.5. The topological polar surface area (TPSA) is 125 Å². The lowest BCUT2D eigenvalue weighted by Gasteiger charge is -2.28. The molecular formula is C25H17FN4O5. The number of rotatable bonds is 6. The highest BCUT2D eigenvalue weighted by atomic mass is 19.1. The van der Waals surface area contributed by atoms with Gasteiger partial charge in [-0.05, 0) is 54.1 Å². The first-order chi connectivity index (χ1) is 16.8. The number of nitro groups is 1. The monoisotopic (exact) mass is 472 g/mol. The number of halogens is 1. The van der Waals surface area contributed by atoms with E-state index in [9.17, 15) is 28.9 Å². The number of hydrogen-bond donors (Lipinski definition) is 0. The maximum Gasteiger partial charge on any atom is 0.269 e. The minimum absolute atomic E-state index is 0.0924. The van der Waals surface area contributed by atoms with Gasteiger partial charge in [-0.2, -0.15) is 5.26 Å². The van der Waals surface area contributed by atoms with E-state index >= 15 is 0 Å². The molecule has 35 heavy (non-hydrogen) atoms. The van der Waals surface area contributed by atoms with Gasteiger partial charge in [0.2, 0.25) is 5.91 Å². The number of benzene rings is 3. The second-order valence-electron chi connectivity index (χ2n) is 7.81. The normalized spacial score (nSPS) is 15.1. The SMILES string of the molecule is N#Cc1ccc(N2C(=O)CC(N(Cc3ccc(F)cc3)C(=O)c3ccc([N+](=O)[O-])cc3)C2=O)cc1. The third kappa shape index (κ3) is 4.74. The van der Waals surface area contributed by atoms with Crippen molar-refractivity contribution in [1.29, 1.82) is 5.26 Å². The van der Waals surface area contributed by atoms with Crippen LogP contribution < -0.4 is 4.90 Å². The predicted octanol–water partition coefficient (Wildman–Crippen LogP) is 3.58. The molecule has 9 nitrogen and oxygen atoms in total. The highest BCUT2D eigenvalue weighted by molar-refractivity contribution is 6.23. The zero-order valence-corrected chi connectivity index (χ0v) is 18.1. The molecule has 1 heterocycles. The van der Waals surface area contributed by atoms with Gasteiger partial charge < -0.3 is 4.90 Å². The molecule has 1 aliphatic rings. The zero-order valence-electron chi connectivity index (χ0n) is 18.1. The van der Waals surface area contributed by atoms with Crippen molar-refractivity contribution in [2.75, 3.05) is 4.90 Å². The van der Waals surface area contributed by atoms with Crippen molar-refractivity contribution in [3.63, 3.8) is 0 Å².